The van der Waals surface area contributed by atoms with Crippen molar-refractivity contribution in [1.82, 2.24) is 15.5 Å². The summed E-state index contributed by atoms with van der Waals surface area (Å²) in [6, 6.07) is 11.1. The fraction of sp³-hybridized carbons (Fsp3) is 0.440. The number of para-hydroxylation sites is 1. The summed E-state index contributed by atoms with van der Waals surface area (Å²) in [5, 5.41) is 10.9. The Morgan fingerprint density at radius 3 is 2.53 bits per heavy atom. The number of likely N-dealkylation sites (tertiary alicyclic amines) is 1. The molecule has 1 atom stereocenters. The first-order valence-electron chi connectivity index (χ1n) is 11.5. The fourth-order valence-electron chi connectivity index (χ4n) is 4.51. The van der Waals surface area contributed by atoms with Crippen molar-refractivity contribution in [3.8, 4) is 0 Å². The molecule has 2 heterocycles. The van der Waals surface area contributed by atoms with Crippen LogP contribution in [0.5, 0.6) is 0 Å². The molecule has 3 amide bonds. The smallest absolute Gasteiger partial charge is 0.321 e. The monoisotopic (exact) mass is 520 g/mol. The number of amides is 3. The van der Waals surface area contributed by atoms with E-state index in [1.165, 1.54) is 0 Å². The van der Waals surface area contributed by atoms with Gasteiger partial charge in [0.25, 0.3) is 0 Å². The maximum absolute atomic E-state index is 12.8. The summed E-state index contributed by atoms with van der Waals surface area (Å²) < 4.78 is 0. The molecule has 34 heavy (non-hydrogen) atoms. The highest BCUT2D eigenvalue weighted by Crippen LogP contribution is 2.39. The predicted molar refractivity (Wildman–Crippen MR) is 141 cm³/mol. The van der Waals surface area contributed by atoms with Gasteiger partial charge in [-0.1, -0.05) is 47.5 Å². The molecular weight excluding hydrogens is 491 g/mol. The summed E-state index contributed by atoms with van der Waals surface area (Å²) in [5.41, 5.74) is 3.96. The maximum atomic E-state index is 12.8. The zero-order chi connectivity index (χ0) is 24.3. The van der Waals surface area contributed by atoms with E-state index in [2.05, 4.69) is 16.0 Å². The van der Waals surface area contributed by atoms with Crippen LogP contribution in [0.3, 0.4) is 0 Å². The standard InChI is InChI=1S/C25H30Cl2N4O2S/c1-16-4-3-5-17(2)22(16)29-24(33)31-12-9-25(10-13-31)30-21(15-34-25)23(32)28-11-8-18-6-7-19(26)14-20(18)27/h3-7,14,21,30H,8-13,15H2,1-2H3,(H,28,32)(H,29,33). The highest BCUT2D eigenvalue weighted by molar-refractivity contribution is 8.01. The van der Waals surface area contributed by atoms with Crippen LogP contribution in [0.2, 0.25) is 10.0 Å². The van der Waals surface area contributed by atoms with E-state index in [4.69, 9.17) is 23.2 Å². The second-order valence-corrected chi connectivity index (χ2v) is 11.2. The van der Waals surface area contributed by atoms with E-state index in [-0.39, 0.29) is 22.9 Å². The van der Waals surface area contributed by atoms with Gasteiger partial charge in [0.2, 0.25) is 5.91 Å². The summed E-state index contributed by atoms with van der Waals surface area (Å²) in [6.45, 7) is 5.83. The fourth-order valence-corrected chi connectivity index (χ4v) is 6.43. The first-order valence-corrected chi connectivity index (χ1v) is 13.3. The minimum atomic E-state index is -0.235. The van der Waals surface area contributed by atoms with E-state index in [9.17, 15) is 9.59 Å². The van der Waals surface area contributed by atoms with Crippen LogP contribution in [0.1, 0.15) is 29.5 Å². The molecule has 4 rings (SSSR count). The minimum absolute atomic E-state index is 0.00432. The number of piperidine rings is 1. The highest BCUT2D eigenvalue weighted by atomic mass is 35.5. The molecule has 0 aromatic heterocycles. The number of nitrogens with zero attached hydrogens (tertiary/aromatic N) is 1. The normalized spacial score (nSPS) is 19.3. The second kappa shape index (κ2) is 10.8. The Balaban J connectivity index is 1.24. The Morgan fingerprint density at radius 1 is 1.15 bits per heavy atom. The molecule has 6 nitrogen and oxygen atoms in total. The Kier molecular flexibility index (Phi) is 7.97. The molecule has 2 saturated heterocycles. The number of nitrogens with one attached hydrogen (secondary N) is 3. The van der Waals surface area contributed by atoms with Crippen molar-refractivity contribution in [3.63, 3.8) is 0 Å². The molecule has 2 aromatic rings. The average molecular weight is 522 g/mol. The summed E-state index contributed by atoms with van der Waals surface area (Å²) >= 11 is 14.0. The molecule has 0 radical (unpaired) electrons. The van der Waals surface area contributed by atoms with Gasteiger partial charge in [0.15, 0.2) is 0 Å². The molecular formula is C25H30Cl2N4O2S. The van der Waals surface area contributed by atoms with Gasteiger partial charge in [-0.15, -0.1) is 11.8 Å². The second-order valence-electron chi connectivity index (χ2n) is 8.96. The van der Waals surface area contributed by atoms with Gasteiger partial charge in [-0.05, 0) is 61.9 Å². The summed E-state index contributed by atoms with van der Waals surface area (Å²) in [5.74, 6) is 0.729. The molecule has 0 bridgehead atoms. The molecule has 2 aromatic carbocycles. The third-order valence-corrected chi connectivity index (χ3v) is 8.73. The van der Waals surface area contributed by atoms with Crippen molar-refractivity contribution >= 4 is 52.6 Å². The van der Waals surface area contributed by atoms with Crippen molar-refractivity contribution in [2.45, 2.75) is 44.0 Å². The van der Waals surface area contributed by atoms with Crippen molar-refractivity contribution in [2.24, 2.45) is 0 Å². The quantitative estimate of drug-likeness (QED) is 0.518. The van der Waals surface area contributed by atoms with E-state index >= 15 is 0 Å². The average Bonchev–Trinajstić information content (AvgIpc) is 3.21. The van der Waals surface area contributed by atoms with Gasteiger partial charge >= 0.3 is 6.03 Å². The van der Waals surface area contributed by atoms with Crippen LogP contribution >= 0.6 is 35.0 Å². The first kappa shape index (κ1) is 25.2. The molecule has 3 N–H and O–H groups in total. The van der Waals surface area contributed by atoms with E-state index < -0.39 is 0 Å². The number of benzene rings is 2. The Labute approximate surface area is 215 Å². The van der Waals surface area contributed by atoms with Gasteiger partial charge in [0.1, 0.15) is 0 Å². The number of hydrogen-bond donors (Lipinski definition) is 3. The van der Waals surface area contributed by atoms with Crippen LogP contribution in [0.15, 0.2) is 36.4 Å². The zero-order valence-corrected chi connectivity index (χ0v) is 21.7. The third kappa shape index (κ3) is 5.82. The molecule has 0 aliphatic carbocycles. The van der Waals surface area contributed by atoms with Crippen molar-refractivity contribution in [1.29, 1.82) is 0 Å². The zero-order valence-electron chi connectivity index (χ0n) is 19.4. The van der Waals surface area contributed by atoms with Gasteiger partial charge in [0, 0.05) is 41.1 Å². The van der Waals surface area contributed by atoms with Crippen LogP contribution < -0.4 is 16.0 Å². The first-order chi connectivity index (χ1) is 16.3. The van der Waals surface area contributed by atoms with Crippen LogP contribution in [-0.2, 0) is 11.2 Å². The van der Waals surface area contributed by atoms with Gasteiger partial charge in [0.05, 0.1) is 10.9 Å². The lowest BCUT2D eigenvalue weighted by Gasteiger charge is -2.39. The van der Waals surface area contributed by atoms with Crippen LogP contribution in [0, 0.1) is 13.8 Å². The lowest BCUT2D eigenvalue weighted by Crippen LogP contribution is -2.55. The van der Waals surface area contributed by atoms with Gasteiger partial charge in [-0.3, -0.25) is 10.1 Å². The predicted octanol–water partition coefficient (Wildman–Crippen LogP) is 5.00. The van der Waals surface area contributed by atoms with Crippen LogP contribution in [0.4, 0.5) is 10.5 Å². The molecule has 182 valence electrons. The van der Waals surface area contributed by atoms with Gasteiger partial charge in [-0.2, -0.15) is 0 Å². The van der Waals surface area contributed by atoms with Crippen LogP contribution in [-0.4, -0.2) is 53.1 Å². The number of hydrogen-bond acceptors (Lipinski definition) is 4. The molecule has 0 saturated carbocycles. The topological polar surface area (TPSA) is 73.5 Å². The molecule has 1 spiro atoms. The van der Waals surface area contributed by atoms with E-state index in [1.807, 2.05) is 43.0 Å². The number of thioether (sulfide) groups is 1. The molecule has 2 aliphatic heterocycles. The number of rotatable bonds is 5. The summed E-state index contributed by atoms with van der Waals surface area (Å²) in [6.07, 6.45) is 2.27. The van der Waals surface area contributed by atoms with Gasteiger partial charge in [-0.25, -0.2) is 4.79 Å². The SMILES string of the molecule is Cc1cccc(C)c1NC(=O)N1CCC2(CC1)NC(C(=O)NCCc1ccc(Cl)cc1Cl)CS2. The maximum Gasteiger partial charge on any atom is 0.321 e. The van der Waals surface area contributed by atoms with E-state index in [0.29, 0.717) is 36.1 Å². The Hall–Kier alpha value is -1.93. The number of halogens is 2. The van der Waals surface area contributed by atoms with Crippen molar-refractivity contribution in [3.05, 3.63) is 63.1 Å². The number of carbonyl (C=O) groups excluding carboxylic acids is 2. The number of carbonyl (C=O) groups is 2. The summed E-state index contributed by atoms with van der Waals surface area (Å²) in [7, 11) is 0. The number of anilines is 1. The lowest BCUT2D eigenvalue weighted by molar-refractivity contribution is -0.122. The Bertz CT molecular complexity index is 1050. The van der Waals surface area contributed by atoms with E-state index in [0.717, 1.165) is 41.0 Å². The minimum Gasteiger partial charge on any atom is -0.354 e. The molecule has 9 heteroatoms. The largest absolute Gasteiger partial charge is 0.354 e. The Morgan fingerprint density at radius 2 is 1.85 bits per heavy atom. The molecule has 1 unspecified atom stereocenters. The van der Waals surface area contributed by atoms with Crippen molar-refractivity contribution < 1.29 is 9.59 Å². The highest BCUT2D eigenvalue weighted by Gasteiger charge is 2.44. The lowest BCUT2D eigenvalue weighted by atomic mass is 10.0. The third-order valence-electron chi connectivity index (χ3n) is 6.56. The van der Waals surface area contributed by atoms with Gasteiger partial charge < -0.3 is 15.5 Å². The molecule has 2 aliphatic rings. The van der Waals surface area contributed by atoms with Crippen LogP contribution in [0.25, 0.3) is 0 Å². The number of urea groups is 1. The van der Waals surface area contributed by atoms with E-state index in [1.54, 1.807) is 23.9 Å². The summed E-state index contributed by atoms with van der Waals surface area (Å²) in [4.78, 5) is 27.3. The van der Waals surface area contributed by atoms with Crippen molar-refractivity contribution in [2.75, 3.05) is 30.7 Å². The molecule has 2 fully saturated rings. The number of aryl methyl sites for hydroxylation is 2.